The summed E-state index contributed by atoms with van der Waals surface area (Å²) in [4.78, 5) is 36.3. The lowest BCUT2D eigenvalue weighted by atomic mass is 10.1. The van der Waals surface area contributed by atoms with Crippen molar-refractivity contribution >= 4 is 35.1 Å². The first kappa shape index (κ1) is 19.3. The minimum absolute atomic E-state index is 0.115. The second kappa shape index (κ2) is 8.49. The van der Waals surface area contributed by atoms with Crippen LogP contribution < -0.4 is 15.8 Å². The molecule has 0 atom stereocenters. The van der Waals surface area contributed by atoms with Crippen molar-refractivity contribution in [1.29, 1.82) is 0 Å². The van der Waals surface area contributed by atoms with E-state index in [9.17, 15) is 9.59 Å². The number of aromatic nitrogens is 3. The van der Waals surface area contributed by atoms with Gasteiger partial charge in [0.2, 0.25) is 5.88 Å². The van der Waals surface area contributed by atoms with Gasteiger partial charge in [-0.3, -0.25) is 14.6 Å². The number of nitrogens with zero attached hydrogens (tertiary/aromatic N) is 3. The van der Waals surface area contributed by atoms with E-state index in [0.717, 1.165) is 5.56 Å². The summed E-state index contributed by atoms with van der Waals surface area (Å²) in [5.74, 6) is -1.50. The average molecular weight is 395 g/mol. The van der Waals surface area contributed by atoms with Crippen molar-refractivity contribution in [2.24, 2.45) is 5.73 Å². The molecule has 0 aliphatic rings. The zero-order valence-electron chi connectivity index (χ0n) is 15.2. The van der Waals surface area contributed by atoms with E-state index < -0.39 is 11.9 Å². The highest BCUT2D eigenvalue weighted by molar-refractivity contribution is 7.98. The number of esters is 1. The Balaban J connectivity index is 2.13. The van der Waals surface area contributed by atoms with Crippen molar-refractivity contribution < 1.29 is 14.3 Å². The number of benzene rings is 1. The van der Waals surface area contributed by atoms with Gasteiger partial charge in [0, 0.05) is 18.7 Å². The fourth-order valence-corrected chi connectivity index (χ4v) is 2.85. The van der Waals surface area contributed by atoms with Crippen LogP contribution in [0.1, 0.15) is 17.3 Å². The monoisotopic (exact) mass is 395 g/mol. The minimum atomic E-state index is -0.823. The summed E-state index contributed by atoms with van der Waals surface area (Å²) in [5.41, 5.74) is 7.55. The molecule has 2 heterocycles. The van der Waals surface area contributed by atoms with Crippen LogP contribution in [0.15, 0.2) is 53.8 Å². The van der Waals surface area contributed by atoms with Crippen LogP contribution >= 0.6 is 11.8 Å². The number of thioether (sulfide) groups is 1. The van der Waals surface area contributed by atoms with Crippen molar-refractivity contribution in [2.75, 3.05) is 11.6 Å². The Bertz CT molecular complexity index is 1030. The van der Waals surface area contributed by atoms with E-state index in [1.807, 2.05) is 30.3 Å². The van der Waals surface area contributed by atoms with Gasteiger partial charge in [0.15, 0.2) is 11.0 Å². The molecule has 0 saturated heterocycles. The van der Waals surface area contributed by atoms with E-state index in [2.05, 4.69) is 20.3 Å². The van der Waals surface area contributed by atoms with Gasteiger partial charge < -0.3 is 15.8 Å². The molecule has 0 unspecified atom stereocenters. The van der Waals surface area contributed by atoms with E-state index in [4.69, 9.17) is 10.5 Å². The minimum Gasteiger partial charge on any atom is -0.407 e. The fourth-order valence-electron chi connectivity index (χ4n) is 2.49. The molecule has 0 aliphatic heterocycles. The van der Waals surface area contributed by atoms with Crippen LogP contribution in [0.5, 0.6) is 5.88 Å². The van der Waals surface area contributed by atoms with Crippen LogP contribution in [0.2, 0.25) is 0 Å². The number of nitrogens with one attached hydrogen (secondary N) is 1. The zero-order chi connectivity index (χ0) is 20.1. The Labute approximate surface area is 165 Å². The average Bonchev–Trinajstić information content (AvgIpc) is 2.68. The zero-order valence-corrected chi connectivity index (χ0v) is 16.0. The third kappa shape index (κ3) is 4.26. The summed E-state index contributed by atoms with van der Waals surface area (Å²) in [5, 5.41) is 3.40. The number of hydrogen-bond donors (Lipinski definition) is 2. The van der Waals surface area contributed by atoms with E-state index >= 15 is 0 Å². The lowest BCUT2D eigenvalue weighted by Gasteiger charge is -2.15. The summed E-state index contributed by atoms with van der Waals surface area (Å²) in [6.45, 7) is 1.22. The molecule has 9 heteroatoms. The van der Waals surface area contributed by atoms with Crippen LogP contribution in [-0.4, -0.2) is 33.1 Å². The molecular weight excluding hydrogens is 378 g/mol. The predicted octanol–water partition coefficient (Wildman–Crippen LogP) is 3.03. The third-order valence-corrected chi connectivity index (χ3v) is 4.18. The second-order valence-corrected chi connectivity index (χ2v) is 6.36. The summed E-state index contributed by atoms with van der Waals surface area (Å²) in [7, 11) is 0. The molecule has 0 aliphatic carbocycles. The number of rotatable bonds is 6. The van der Waals surface area contributed by atoms with Crippen molar-refractivity contribution in [3.8, 4) is 17.1 Å². The van der Waals surface area contributed by atoms with Gasteiger partial charge in [0.25, 0.3) is 5.91 Å². The van der Waals surface area contributed by atoms with Gasteiger partial charge in [-0.2, -0.15) is 4.98 Å². The van der Waals surface area contributed by atoms with E-state index in [-0.39, 0.29) is 17.3 Å². The van der Waals surface area contributed by atoms with Gasteiger partial charge >= 0.3 is 5.97 Å². The quantitative estimate of drug-likeness (QED) is 0.371. The molecule has 0 spiro atoms. The van der Waals surface area contributed by atoms with Crippen LogP contribution in [0.4, 0.5) is 11.5 Å². The summed E-state index contributed by atoms with van der Waals surface area (Å²) >= 11 is 1.23. The van der Waals surface area contributed by atoms with Gasteiger partial charge in [-0.05, 0) is 18.4 Å². The Hall–Kier alpha value is -3.46. The molecule has 0 fully saturated rings. The Kier molecular flexibility index (Phi) is 5.85. The van der Waals surface area contributed by atoms with E-state index in [0.29, 0.717) is 16.5 Å². The van der Waals surface area contributed by atoms with Crippen molar-refractivity contribution in [3.05, 3.63) is 54.2 Å². The number of ether oxygens (including phenoxy) is 1. The Morgan fingerprint density at radius 2 is 1.86 bits per heavy atom. The molecular formula is C19H17N5O3S. The molecule has 3 aromatic rings. The first-order valence-corrected chi connectivity index (χ1v) is 9.43. The number of carbonyl (C=O) groups is 2. The second-order valence-electron chi connectivity index (χ2n) is 5.59. The topological polar surface area (TPSA) is 120 Å². The van der Waals surface area contributed by atoms with Gasteiger partial charge in [-0.1, -0.05) is 42.1 Å². The molecule has 0 radical (unpaired) electrons. The van der Waals surface area contributed by atoms with Crippen molar-refractivity contribution in [3.63, 3.8) is 0 Å². The van der Waals surface area contributed by atoms with Crippen LogP contribution in [0.3, 0.4) is 0 Å². The lowest BCUT2D eigenvalue weighted by Crippen LogP contribution is -2.19. The number of carbonyl (C=O) groups excluding carboxylic acids is 2. The predicted molar refractivity (Wildman–Crippen MR) is 107 cm³/mol. The maximum Gasteiger partial charge on any atom is 0.309 e. The molecule has 142 valence electrons. The maximum absolute atomic E-state index is 12.1. The molecule has 28 heavy (non-hydrogen) atoms. The van der Waals surface area contributed by atoms with Crippen LogP contribution in [0, 0.1) is 0 Å². The SMILES string of the molecule is CSc1nc(Nc2cccnc2-c2ccccc2)c(C(N)=O)c(OC(C)=O)n1. The fraction of sp³-hybridized carbons (Fsp3) is 0.105. The third-order valence-electron chi connectivity index (χ3n) is 3.63. The number of pyridine rings is 1. The van der Waals surface area contributed by atoms with Crippen LogP contribution in [-0.2, 0) is 4.79 Å². The number of primary amides is 1. The first-order chi connectivity index (χ1) is 13.5. The van der Waals surface area contributed by atoms with Crippen molar-refractivity contribution in [2.45, 2.75) is 12.1 Å². The highest BCUT2D eigenvalue weighted by Gasteiger charge is 2.22. The smallest absolute Gasteiger partial charge is 0.309 e. The molecule has 3 rings (SSSR count). The molecule has 0 saturated carbocycles. The summed E-state index contributed by atoms with van der Waals surface area (Å²) in [6, 6.07) is 13.1. The van der Waals surface area contributed by atoms with E-state index in [1.54, 1.807) is 24.6 Å². The highest BCUT2D eigenvalue weighted by atomic mass is 32.2. The van der Waals surface area contributed by atoms with E-state index in [1.165, 1.54) is 18.7 Å². The highest BCUT2D eigenvalue weighted by Crippen LogP contribution is 2.32. The van der Waals surface area contributed by atoms with Gasteiger partial charge in [-0.25, -0.2) is 4.98 Å². The molecule has 3 N–H and O–H groups in total. The lowest BCUT2D eigenvalue weighted by molar-refractivity contribution is -0.132. The standard InChI is InChI=1S/C19H17N5O3S/c1-11(25)27-18-14(16(20)26)17(23-19(24-18)28-2)22-13-9-6-10-21-15(13)12-7-4-3-5-8-12/h3-10H,1-2H3,(H2,20,26)(H,22,23,24). The normalized spacial score (nSPS) is 10.4. The first-order valence-electron chi connectivity index (χ1n) is 8.21. The molecule has 1 aromatic carbocycles. The molecule has 1 amide bonds. The number of hydrogen-bond acceptors (Lipinski definition) is 8. The Morgan fingerprint density at radius 1 is 1.11 bits per heavy atom. The number of amides is 1. The van der Waals surface area contributed by atoms with Gasteiger partial charge in [0.05, 0.1) is 11.4 Å². The van der Waals surface area contributed by atoms with Crippen LogP contribution in [0.25, 0.3) is 11.3 Å². The molecule has 2 aromatic heterocycles. The van der Waals surface area contributed by atoms with Gasteiger partial charge in [-0.15, -0.1) is 0 Å². The van der Waals surface area contributed by atoms with Crippen molar-refractivity contribution in [1.82, 2.24) is 15.0 Å². The molecule has 8 nitrogen and oxygen atoms in total. The summed E-state index contributed by atoms with van der Waals surface area (Å²) < 4.78 is 5.08. The Morgan fingerprint density at radius 3 is 2.50 bits per heavy atom. The number of anilines is 2. The largest absolute Gasteiger partial charge is 0.407 e. The maximum atomic E-state index is 12.1. The van der Waals surface area contributed by atoms with Gasteiger partial charge in [0.1, 0.15) is 5.56 Å². The molecule has 0 bridgehead atoms. The number of nitrogens with two attached hydrogens (primary N) is 1. The summed E-state index contributed by atoms with van der Waals surface area (Å²) in [6.07, 6.45) is 3.43.